The summed E-state index contributed by atoms with van der Waals surface area (Å²) >= 11 is 5.78. The maximum atomic E-state index is 13.0. The molecule has 2 N–H and O–H groups in total. The van der Waals surface area contributed by atoms with Gasteiger partial charge in [0.25, 0.3) is 0 Å². The van der Waals surface area contributed by atoms with Crippen LogP contribution in [-0.2, 0) is 17.4 Å². The first-order valence-electron chi connectivity index (χ1n) is 7.40. The van der Waals surface area contributed by atoms with Crippen LogP contribution in [0.15, 0.2) is 42.5 Å². The van der Waals surface area contributed by atoms with Crippen molar-refractivity contribution in [3.8, 4) is 0 Å². The number of hydrogen-bond acceptors (Lipinski definition) is 2. The Morgan fingerprint density at radius 3 is 2.31 bits per heavy atom. The predicted molar refractivity (Wildman–Crippen MR) is 89.5 cm³/mol. The van der Waals surface area contributed by atoms with E-state index in [2.05, 4.69) is 4.98 Å². The molecule has 4 nitrogen and oxygen atoms in total. The van der Waals surface area contributed by atoms with Gasteiger partial charge in [-0.05, 0) is 42.5 Å². The number of carboxylic acids is 1. The summed E-state index contributed by atoms with van der Waals surface area (Å²) in [6, 6.07) is 8.82. The highest BCUT2D eigenvalue weighted by Crippen LogP contribution is 2.34. The molecule has 2 aromatic carbocycles. The molecule has 8 heteroatoms. The maximum absolute atomic E-state index is 13.0. The molecule has 0 bridgehead atoms. The van der Waals surface area contributed by atoms with E-state index in [1.54, 1.807) is 0 Å². The molecule has 0 fully saturated rings. The second-order valence-corrected chi connectivity index (χ2v) is 6.08. The third-order valence-corrected chi connectivity index (χ3v) is 4.15. The van der Waals surface area contributed by atoms with Crippen LogP contribution < -0.4 is 0 Å². The van der Waals surface area contributed by atoms with Gasteiger partial charge in [-0.1, -0.05) is 11.6 Å². The number of rotatable bonds is 4. The summed E-state index contributed by atoms with van der Waals surface area (Å²) in [5.74, 6) is -1.78. The Morgan fingerprint density at radius 1 is 1.08 bits per heavy atom. The van der Waals surface area contributed by atoms with Gasteiger partial charge in [0, 0.05) is 27.1 Å². The molecule has 134 valence electrons. The van der Waals surface area contributed by atoms with Crippen LogP contribution in [0.25, 0.3) is 10.9 Å². The largest absolute Gasteiger partial charge is 0.481 e. The molecule has 0 aliphatic rings. The van der Waals surface area contributed by atoms with Crippen molar-refractivity contribution in [1.29, 1.82) is 0 Å². The molecule has 0 spiro atoms. The minimum atomic E-state index is -4.58. The molecule has 0 unspecified atom stereocenters. The van der Waals surface area contributed by atoms with Gasteiger partial charge < -0.3 is 10.1 Å². The van der Waals surface area contributed by atoms with Gasteiger partial charge in [-0.15, -0.1) is 0 Å². The Bertz CT molecular complexity index is 1010. The standard InChI is InChI=1S/C18H11ClF3NO3/c19-11-4-1-9(2-5-11)17(26)16-13(8-15(24)25)12-7-10(18(20,21)22)3-6-14(12)23-16/h1-7,23H,8H2,(H,24,25). The number of halogens is 4. The van der Waals surface area contributed by atoms with Crippen molar-refractivity contribution < 1.29 is 27.9 Å². The van der Waals surface area contributed by atoms with Crippen molar-refractivity contribution >= 4 is 34.3 Å². The van der Waals surface area contributed by atoms with Crippen LogP contribution >= 0.6 is 11.6 Å². The molecule has 3 aromatic rings. The average molecular weight is 382 g/mol. The number of hydrogen-bond donors (Lipinski definition) is 2. The summed E-state index contributed by atoms with van der Waals surface area (Å²) in [5.41, 5.74) is -0.459. The first-order chi connectivity index (χ1) is 12.2. The Balaban J connectivity index is 2.19. The van der Waals surface area contributed by atoms with Crippen molar-refractivity contribution in [3.63, 3.8) is 0 Å². The Kier molecular flexibility index (Phi) is 4.50. The lowest BCUT2D eigenvalue weighted by Gasteiger charge is -2.07. The van der Waals surface area contributed by atoms with Gasteiger partial charge >= 0.3 is 12.1 Å². The molecule has 0 atom stereocenters. The maximum Gasteiger partial charge on any atom is 0.416 e. The van der Waals surface area contributed by atoms with Gasteiger partial charge in [0.05, 0.1) is 17.7 Å². The number of ketones is 1. The zero-order valence-electron chi connectivity index (χ0n) is 13.0. The number of aliphatic carboxylic acids is 1. The molecule has 0 aliphatic carbocycles. The number of aromatic amines is 1. The van der Waals surface area contributed by atoms with E-state index in [0.717, 1.165) is 12.1 Å². The fourth-order valence-corrected chi connectivity index (χ4v) is 2.82. The fourth-order valence-electron chi connectivity index (χ4n) is 2.70. The summed E-state index contributed by atoms with van der Waals surface area (Å²) in [6.07, 6.45) is -5.16. The number of H-pyrrole nitrogens is 1. The van der Waals surface area contributed by atoms with Crippen molar-refractivity contribution in [3.05, 3.63) is 69.9 Å². The van der Waals surface area contributed by atoms with Crippen molar-refractivity contribution in [2.45, 2.75) is 12.6 Å². The quantitative estimate of drug-likeness (QED) is 0.644. The summed E-state index contributed by atoms with van der Waals surface area (Å²) in [5, 5.41) is 9.59. The highest BCUT2D eigenvalue weighted by molar-refractivity contribution is 6.30. The number of benzene rings is 2. The van der Waals surface area contributed by atoms with Crippen LogP contribution in [0.4, 0.5) is 13.2 Å². The van der Waals surface area contributed by atoms with Crippen LogP contribution in [0.5, 0.6) is 0 Å². The Hall–Kier alpha value is -2.80. The number of alkyl halides is 3. The average Bonchev–Trinajstić information content (AvgIpc) is 2.91. The summed E-state index contributed by atoms with van der Waals surface area (Å²) in [4.78, 5) is 26.7. The van der Waals surface area contributed by atoms with Crippen LogP contribution in [-0.4, -0.2) is 21.8 Å². The van der Waals surface area contributed by atoms with Crippen LogP contribution in [0, 0.1) is 0 Å². The first-order valence-corrected chi connectivity index (χ1v) is 7.78. The molecular weight excluding hydrogens is 371 g/mol. The van der Waals surface area contributed by atoms with Gasteiger partial charge in [-0.2, -0.15) is 13.2 Å². The van der Waals surface area contributed by atoms with Gasteiger partial charge in [0.2, 0.25) is 5.78 Å². The molecule has 0 saturated carbocycles. The lowest BCUT2D eigenvalue weighted by molar-refractivity contribution is -0.137. The molecule has 0 amide bonds. The topological polar surface area (TPSA) is 70.2 Å². The summed E-state index contributed by atoms with van der Waals surface area (Å²) in [6.45, 7) is 0. The van der Waals surface area contributed by atoms with E-state index in [9.17, 15) is 22.8 Å². The lowest BCUT2D eigenvalue weighted by atomic mass is 10.0. The molecule has 3 rings (SSSR count). The molecular formula is C18H11ClF3NO3. The van der Waals surface area contributed by atoms with Crippen LogP contribution in [0.3, 0.4) is 0 Å². The smallest absolute Gasteiger partial charge is 0.416 e. The van der Waals surface area contributed by atoms with E-state index in [1.807, 2.05) is 0 Å². The lowest BCUT2D eigenvalue weighted by Crippen LogP contribution is -2.09. The number of aromatic nitrogens is 1. The normalized spacial score (nSPS) is 11.7. The van der Waals surface area contributed by atoms with Gasteiger partial charge in [-0.3, -0.25) is 9.59 Å². The number of carboxylic acid groups (broad SMARTS) is 1. The predicted octanol–water partition coefficient (Wildman–Crippen LogP) is 4.70. The summed E-state index contributed by atoms with van der Waals surface area (Å²) in [7, 11) is 0. The van der Waals surface area contributed by atoms with Gasteiger partial charge in [-0.25, -0.2) is 0 Å². The minimum absolute atomic E-state index is 0.0125. The van der Waals surface area contributed by atoms with E-state index in [-0.39, 0.29) is 27.7 Å². The number of fused-ring (bicyclic) bond motifs is 1. The monoisotopic (exact) mass is 381 g/mol. The zero-order valence-corrected chi connectivity index (χ0v) is 13.8. The third kappa shape index (κ3) is 3.43. The minimum Gasteiger partial charge on any atom is -0.481 e. The van der Waals surface area contributed by atoms with Gasteiger partial charge in [0.1, 0.15) is 0 Å². The number of nitrogens with one attached hydrogen (secondary N) is 1. The van der Waals surface area contributed by atoms with Crippen molar-refractivity contribution in [2.24, 2.45) is 0 Å². The Labute approximate surface area is 150 Å². The first kappa shape index (κ1) is 18.0. The summed E-state index contributed by atoms with van der Waals surface area (Å²) < 4.78 is 38.9. The molecule has 0 saturated heterocycles. The molecule has 26 heavy (non-hydrogen) atoms. The number of carbonyl (C=O) groups is 2. The van der Waals surface area contributed by atoms with Crippen LogP contribution in [0.1, 0.15) is 27.2 Å². The highest BCUT2D eigenvalue weighted by atomic mass is 35.5. The fraction of sp³-hybridized carbons (Fsp3) is 0.111. The molecule has 1 aromatic heterocycles. The zero-order chi connectivity index (χ0) is 19.1. The van der Waals surface area contributed by atoms with Crippen molar-refractivity contribution in [1.82, 2.24) is 4.98 Å². The number of carbonyl (C=O) groups excluding carboxylic acids is 1. The Morgan fingerprint density at radius 2 is 1.73 bits per heavy atom. The van der Waals surface area contributed by atoms with E-state index in [0.29, 0.717) is 5.02 Å². The van der Waals surface area contributed by atoms with Crippen LogP contribution in [0.2, 0.25) is 5.02 Å². The second-order valence-electron chi connectivity index (χ2n) is 5.64. The van der Waals surface area contributed by atoms with E-state index in [4.69, 9.17) is 16.7 Å². The molecule has 0 radical (unpaired) electrons. The van der Waals surface area contributed by atoms with E-state index in [1.165, 1.54) is 30.3 Å². The van der Waals surface area contributed by atoms with E-state index < -0.39 is 29.9 Å². The van der Waals surface area contributed by atoms with Gasteiger partial charge in [0.15, 0.2) is 0 Å². The third-order valence-electron chi connectivity index (χ3n) is 3.89. The molecule has 1 heterocycles. The van der Waals surface area contributed by atoms with Crippen molar-refractivity contribution in [2.75, 3.05) is 0 Å². The SMILES string of the molecule is O=C(O)Cc1c(C(=O)c2ccc(Cl)cc2)[nH]c2ccc(C(F)(F)F)cc12. The van der Waals surface area contributed by atoms with E-state index >= 15 is 0 Å². The second kappa shape index (κ2) is 6.49. The molecule has 0 aliphatic heterocycles. The highest BCUT2D eigenvalue weighted by Gasteiger charge is 2.31.